The fourth-order valence-electron chi connectivity index (χ4n) is 5.76. The number of rotatable bonds is 2. The van der Waals surface area contributed by atoms with Gasteiger partial charge in [0.25, 0.3) is 0 Å². The van der Waals surface area contributed by atoms with Crippen LogP contribution in [0.15, 0.2) is 60.7 Å². The zero-order valence-electron chi connectivity index (χ0n) is 17.2. The van der Waals surface area contributed by atoms with Crippen molar-refractivity contribution in [2.45, 2.75) is 51.7 Å². The Morgan fingerprint density at radius 3 is 2.72 bits per heavy atom. The van der Waals surface area contributed by atoms with E-state index < -0.39 is 0 Å². The van der Waals surface area contributed by atoms with Gasteiger partial charge in [0.1, 0.15) is 0 Å². The molecule has 1 aromatic heterocycles. The molecule has 3 aromatic carbocycles. The Morgan fingerprint density at radius 1 is 0.897 bits per heavy atom. The van der Waals surface area contributed by atoms with Gasteiger partial charge in [0.15, 0.2) is 0 Å². The van der Waals surface area contributed by atoms with E-state index in [-0.39, 0.29) is 0 Å². The van der Waals surface area contributed by atoms with Crippen molar-refractivity contribution in [1.82, 2.24) is 9.47 Å². The summed E-state index contributed by atoms with van der Waals surface area (Å²) in [6.07, 6.45) is 5.06. The van der Waals surface area contributed by atoms with E-state index in [1.165, 1.54) is 65.0 Å². The first-order chi connectivity index (χ1) is 14.3. The summed E-state index contributed by atoms with van der Waals surface area (Å²) in [4.78, 5) is 2.76. The zero-order valence-corrected chi connectivity index (χ0v) is 17.2. The van der Waals surface area contributed by atoms with Crippen LogP contribution >= 0.6 is 0 Å². The number of aromatic nitrogens is 1. The van der Waals surface area contributed by atoms with E-state index >= 15 is 0 Å². The summed E-state index contributed by atoms with van der Waals surface area (Å²) >= 11 is 0. The molecule has 29 heavy (non-hydrogen) atoms. The number of hydrogen-bond acceptors (Lipinski definition) is 1. The molecule has 146 valence electrons. The molecule has 0 amide bonds. The van der Waals surface area contributed by atoms with E-state index in [1.807, 2.05) is 0 Å². The summed E-state index contributed by atoms with van der Waals surface area (Å²) in [5.41, 5.74) is 7.53. The Balaban J connectivity index is 1.42. The van der Waals surface area contributed by atoms with Gasteiger partial charge in [-0.05, 0) is 72.7 Å². The molecule has 0 saturated heterocycles. The standard InChI is InChI=1S/C27H28N2/c1-19-10-13-25-24(16-19)23-8-4-9-26-27(23)29(25)15-5-14-28(26)18-20-11-12-21-6-2-3-7-22(21)17-20/h2-3,6-7,10-13,16-17,26H,4-5,8-9,14-15,18H2,1H3. The van der Waals surface area contributed by atoms with Gasteiger partial charge >= 0.3 is 0 Å². The highest BCUT2D eigenvalue weighted by Crippen LogP contribution is 2.42. The average Bonchev–Trinajstić information content (AvgIpc) is 2.93. The Bertz CT molecular complexity index is 1210. The molecule has 0 radical (unpaired) electrons. The molecule has 0 bridgehead atoms. The van der Waals surface area contributed by atoms with Crippen LogP contribution in [0.5, 0.6) is 0 Å². The summed E-state index contributed by atoms with van der Waals surface area (Å²) < 4.78 is 2.66. The summed E-state index contributed by atoms with van der Waals surface area (Å²) in [7, 11) is 0. The third-order valence-electron chi connectivity index (χ3n) is 7.06. The molecular formula is C27H28N2. The number of benzene rings is 3. The van der Waals surface area contributed by atoms with Crippen LogP contribution in [0.2, 0.25) is 0 Å². The minimum atomic E-state index is 0.556. The number of fused-ring (bicyclic) bond motifs is 4. The van der Waals surface area contributed by atoms with Crippen LogP contribution in [0.3, 0.4) is 0 Å². The van der Waals surface area contributed by atoms with Gasteiger partial charge in [0.05, 0.1) is 6.04 Å². The summed E-state index contributed by atoms with van der Waals surface area (Å²) in [6.45, 7) is 5.61. The predicted molar refractivity (Wildman–Crippen MR) is 121 cm³/mol. The van der Waals surface area contributed by atoms with Crippen molar-refractivity contribution < 1.29 is 0 Å². The van der Waals surface area contributed by atoms with Gasteiger partial charge in [-0.25, -0.2) is 0 Å². The largest absolute Gasteiger partial charge is 0.343 e. The van der Waals surface area contributed by atoms with Crippen LogP contribution in [-0.4, -0.2) is 16.0 Å². The third kappa shape index (κ3) is 2.81. The van der Waals surface area contributed by atoms with Crippen molar-refractivity contribution in [3.05, 3.63) is 83.0 Å². The Hall–Kier alpha value is -2.58. The van der Waals surface area contributed by atoms with Crippen LogP contribution in [0.25, 0.3) is 21.7 Å². The van der Waals surface area contributed by atoms with Gasteiger partial charge in [-0.3, -0.25) is 4.90 Å². The first kappa shape index (κ1) is 17.3. The number of aryl methyl sites for hydroxylation is 3. The molecule has 1 atom stereocenters. The lowest BCUT2D eigenvalue weighted by Gasteiger charge is -2.33. The van der Waals surface area contributed by atoms with Gasteiger partial charge < -0.3 is 4.57 Å². The molecular weight excluding hydrogens is 352 g/mol. The van der Waals surface area contributed by atoms with E-state index in [0.29, 0.717) is 6.04 Å². The summed E-state index contributed by atoms with van der Waals surface area (Å²) in [6, 6.07) is 23.3. The van der Waals surface area contributed by atoms with Crippen molar-refractivity contribution in [1.29, 1.82) is 0 Å². The lowest BCUT2D eigenvalue weighted by molar-refractivity contribution is 0.173. The smallest absolute Gasteiger partial charge is 0.0507 e. The maximum atomic E-state index is 2.76. The summed E-state index contributed by atoms with van der Waals surface area (Å²) in [5, 5.41) is 4.20. The monoisotopic (exact) mass is 380 g/mol. The van der Waals surface area contributed by atoms with Crippen LogP contribution in [-0.2, 0) is 19.5 Å². The lowest BCUT2D eigenvalue weighted by atomic mass is 9.90. The highest BCUT2D eigenvalue weighted by Gasteiger charge is 2.33. The molecule has 1 aliphatic carbocycles. The van der Waals surface area contributed by atoms with Gasteiger partial charge in [0, 0.05) is 36.2 Å². The van der Waals surface area contributed by atoms with E-state index in [4.69, 9.17) is 0 Å². The van der Waals surface area contributed by atoms with Crippen LogP contribution < -0.4 is 0 Å². The van der Waals surface area contributed by atoms with E-state index in [2.05, 4.69) is 77.1 Å². The second-order valence-corrected chi connectivity index (χ2v) is 8.95. The average molecular weight is 381 g/mol. The molecule has 0 fully saturated rings. The molecule has 1 aliphatic heterocycles. The second kappa shape index (κ2) is 6.74. The molecule has 2 heteroatoms. The minimum Gasteiger partial charge on any atom is -0.343 e. The van der Waals surface area contributed by atoms with Crippen molar-refractivity contribution in [2.75, 3.05) is 6.54 Å². The minimum absolute atomic E-state index is 0.556. The predicted octanol–water partition coefficient (Wildman–Crippen LogP) is 6.39. The summed E-state index contributed by atoms with van der Waals surface area (Å²) in [5.74, 6) is 0. The third-order valence-corrected chi connectivity index (χ3v) is 7.06. The van der Waals surface area contributed by atoms with Gasteiger partial charge in [-0.15, -0.1) is 0 Å². The molecule has 0 spiro atoms. The molecule has 6 rings (SSSR count). The molecule has 4 aromatic rings. The molecule has 2 nitrogen and oxygen atoms in total. The molecule has 1 unspecified atom stereocenters. The molecule has 2 aliphatic rings. The van der Waals surface area contributed by atoms with Crippen molar-refractivity contribution >= 4 is 21.7 Å². The normalized spacial score (nSPS) is 19.4. The van der Waals surface area contributed by atoms with Crippen molar-refractivity contribution in [2.24, 2.45) is 0 Å². The van der Waals surface area contributed by atoms with Crippen molar-refractivity contribution in [3.8, 4) is 0 Å². The van der Waals surface area contributed by atoms with Gasteiger partial charge in [-0.1, -0.05) is 48.0 Å². The molecule has 0 saturated carbocycles. The number of nitrogens with zero attached hydrogens (tertiary/aromatic N) is 2. The SMILES string of the molecule is Cc1ccc2c(c1)c1c3n2CCCN(Cc2ccc4ccccc4c2)C3CCC1. The van der Waals surface area contributed by atoms with Crippen LogP contribution in [0.4, 0.5) is 0 Å². The van der Waals surface area contributed by atoms with E-state index in [1.54, 1.807) is 11.3 Å². The maximum Gasteiger partial charge on any atom is 0.0507 e. The fraction of sp³-hybridized carbons (Fsp3) is 0.333. The van der Waals surface area contributed by atoms with Gasteiger partial charge in [-0.2, -0.15) is 0 Å². The highest BCUT2D eigenvalue weighted by atomic mass is 15.2. The Morgan fingerprint density at radius 2 is 1.79 bits per heavy atom. The maximum absolute atomic E-state index is 2.76. The fourth-order valence-corrected chi connectivity index (χ4v) is 5.76. The van der Waals surface area contributed by atoms with Gasteiger partial charge in [0.2, 0.25) is 0 Å². The van der Waals surface area contributed by atoms with E-state index in [0.717, 1.165) is 13.1 Å². The van der Waals surface area contributed by atoms with Crippen LogP contribution in [0.1, 0.15) is 47.7 Å². The second-order valence-electron chi connectivity index (χ2n) is 8.95. The highest BCUT2D eigenvalue weighted by molar-refractivity contribution is 5.87. The Labute approximate surface area is 172 Å². The molecule has 0 N–H and O–H groups in total. The lowest BCUT2D eigenvalue weighted by Crippen LogP contribution is -2.31. The topological polar surface area (TPSA) is 8.17 Å². The first-order valence-corrected chi connectivity index (χ1v) is 11.1. The Kier molecular flexibility index (Phi) is 4.02. The van der Waals surface area contributed by atoms with Crippen molar-refractivity contribution in [3.63, 3.8) is 0 Å². The first-order valence-electron chi connectivity index (χ1n) is 11.1. The quantitative estimate of drug-likeness (QED) is 0.391. The number of hydrogen-bond donors (Lipinski definition) is 0. The van der Waals surface area contributed by atoms with Crippen LogP contribution in [0, 0.1) is 6.92 Å². The molecule has 2 heterocycles. The zero-order chi connectivity index (χ0) is 19.4. The van der Waals surface area contributed by atoms with E-state index in [9.17, 15) is 0 Å².